The maximum absolute atomic E-state index is 13.1. The molecule has 0 spiro atoms. The highest BCUT2D eigenvalue weighted by Gasteiger charge is 2.37. The first kappa shape index (κ1) is 21.2. The molecule has 1 amide bonds. The minimum absolute atomic E-state index is 0.141. The molecule has 1 heterocycles. The Morgan fingerprint density at radius 2 is 1.86 bits per heavy atom. The number of aromatic nitrogens is 3. The standard InChI is InChI=1S/C19H26N4O5/c1-5-19(6-2,13-7-8-15(27-3)16(9-13)28-4)18(26)20-10-14-11-23(22-21-14)12-17(24)25/h7-9,11H,5-6,10,12H2,1-4H3,(H,20,26)(H,24,25). The number of carboxylic acids is 1. The number of hydrogen-bond donors (Lipinski definition) is 2. The van der Waals surface area contributed by atoms with Crippen molar-refractivity contribution in [3.8, 4) is 11.5 Å². The van der Waals surface area contributed by atoms with E-state index in [9.17, 15) is 9.59 Å². The van der Waals surface area contributed by atoms with Crippen LogP contribution in [0.25, 0.3) is 0 Å². The van der Waals surface area contributed by atoms with Gasteiger partial charge in [0.1, 0.15) is 12.2 Å². The smallest absolute Gasteiger partial charge is 0.325 e. The second-order valence-electron chi connectivity index (χ2n) is 6.34. The van der Waals surface area contributed by atoms with Crippen molar-refractivity contribution >= 4 is 11.9 Å². The van der Waals surface area contributed by atoms with Crippen molar-refractivity contribution in [2.24, 2.45) is 0 Å². The molecule has 0 atom stereocenters. The largest absolute Gasteiger partial charge is 0.493 e. The second kappa shape index (κ2) is 9.20. The molecule has 2 aromatic rings. The van der Waals surface area contributed by atoms with Crippen LogP contribution in [0.2, 0.25) is 0 Å². The van der Waals surface area contributed by atoms with Crippen LogP contribution in [-0.4, -0.2) is 46.2 Å². The van der Waals surface area contributed by atoms with E-state index in [1.54, 1.807) is 20.3 Å². The van der Waals surface area contributed by atoms with E-state index in [1.807, 2.05) is 26.0 Å². The molecule has 0 aliphatic rings. The Morgan fingerprint density at radius 3 is 2.43 bits per heavy atom. The third-order valence-corrected chi connectivity index (χ3v) is 4.89. The van der Waals surface area contributed by atoms with Crippen molar-refractivity contribution in [3.05, 3.63) is 35.7 Å². The third-order valence-electron chi connectivity index (χ3n) is 4.89. The highest BCUT2D eigenvalue weighted by atomic mass is 16.5. The molecule has 152 valence electrons. The van der Waals surface area contributed by atoms with Gasteiger partial charge in [0, 0.05) is 0 Å². The van der Waals surface area contributed by atoms with Gasteiger partial charge in [-0.3, -0.25) is 9.59 Å². The molecule has 2 rings (SSSR count). The molecular weight excluding hydrogens is 364 g/mol. The summed E-state index contributed by atoms with van der Waals surface area (Å²) in [5, 5.41) is 19.3. The third kappa shape index (κ3) is 4.41. The molecular formula is C19H26N4O5. The van der Waals surface area contributed by atoms with E-state index in [0.29, 0.717) is 30.0 Å². The van der Waals surface area contributed by atoms with Crippen LogP contribution in [0.15, 0.2) is 24.4 Å². The lowest BCUT2D eigenvalue weighted by Crippen LogP contribution is -2.43. The zero-order chi connectivity index (χ0) is 20.7. The van der Waals surface area contributed by atoms with Gasteiger partial charge in [-0.15, -0.1) is 5.10 Å². The summed E-state index contributed by atoms with van der Waals surface area (Å²) >= 11 is 0. The Bertz CT molecular complexity index is 829. The number of methoxy groups -OCH3 is 2. The van der Waals surface area contributed by atoms with Gasteiger partial charge in [-0.2, -0.15) is 0 Å². The van der Waals surface area contributed by atoms with Crippen molar-refractivity contribution in [3.63, 3.8) is 0 Å². The summed E-state index contributed by atoms with van der Waals surface area (Å²) in [6, 6.07) is 5.49. The van der Waals surface area contributed by atoms with Gasteiger partial charge in [0.05, 0.1) is 32.4 Å². The maximum Gasteiger partial charge on any atom is 0.325 e. The van der Waals surface area contributed by atoms with Crippen LogP contribution >= 0.6 is 0 Å². The number of aliphatic carboxylic acids is 1. The van der Waals surface area contributed by atoms with Gasteiger partial charge >= 0.3 is 5.97 Å². The van der Waals surface area contributed by atoms with E-state index in [2.05, 4.69) is 15.6 Å². The van der Waals surface area contributed by atoms with Crippen LogP contribution in [-0.2, 0) is 28.1 Å². The quantitative estimate of drug-likeness (QED) is 0.635. The predicted molar refractivity (Wildman–Crippen MR) is 101 cm³/mol. The predicted octanol–water partition coefficient (Wildman–Crippen LogP) is 1.75. The van der Waals surface area contributed by atoms with Gasteiger partial charge in [0.25, 0.3) is 0 Å². The van der Waals surface area contributed by atoms with Crippen LogP contribution in [0, 0.1) is 0 Å². The van der Waals surface area contributed by atoms with Gasteiger partial charge in [0.2, 0.25) is 5.91 Å². The lowest BCUT2D eigenvalue weighted by Gasteiger charge is -2.31. The number of nitrogens with one attached hydrogen (secondary N) is 1. The Kier molecular flexibility index (Phi) is 6.97. The van der Waals surface area contributed by atoms with E-state index in [-0.39, 0.29) is 19.0 Å². The molecule has 0 aliphatic carbocycles. The number of hydrogen-bond acceptors (Lipinski definition) is 6. The van der Waals surface area contributed by atoms with Gasteiger partial charge in [-0.1, -0.05) is 25.1 Å². The molecule has 0 aliphatic heterocycles. The van der Waals surface area contributed by atoms with Gasteiger partial charge in [0.15, 0.2) is 11.5 Å². The van der Waals surface area contributed by atoms with Crippen molar-refractivity contribution in [2.75, 3.05) is 14.2 Å². The van der Waals surface area contributed by atoms with Crippen molar-refractivity contribution in [2.45, 2.75) is 45.2 Å². The average Bonchev–Trinajstić information content (AvgIpc) is 3.14. The summed E-state index contributed by atoms with van der Waals surface area (Å²) in [6.07, 6.45) is 2.69. The number of rotatable bonds is 10. The lowest BCUT2D eigenvalue weighted by molar-refractivity contribution is -0.138. The fourth-order valence-corrected chi connectivity index (χ4v) is 3.22. The van der Waals surface area contributed by atoms with E-state index < -0.39 is 11.4 Å². The number of carboxylic acid groups (broad SMARTS) is 1. The zero-order valence-corrected chi connectivity index (χ0v) is 16.6. The molecule has 2 N–H and O–H groups in total. The SMILES string of the molecule is CCC(CC)(C(=O)NCc1cn(CC(=O)O)nn1)c1ccc(OC)c(OC)c1. The second-order valence-corrected chi connectivity index (χ2v) is 6.34. The minimum atomic E-state index is -1.01. The summed E-state index contributed by atoms with van der Waals surface area (Å²) in [5.74, 6) is 0.0147. The first-order valence-corrected chi connectivity index (χ1v) is 9.01. The van der Waals surface area contributed by atoms with Gasteiger partial charge in [-0.25, -0.2) is 4.68 Å². The Hall–Kier alpha value is -3.10. The van der Waals surface area contributed by atoms with Crippen molar-refractivity contribution in [1.29, 1.82) is 0 Å². The fourth-order valence-electron chi connectivity index (χ4n) is 3.22. The average molecular weight is 390 g/mol. The lowest BCUT2D eigenvalue weighted by atomic mass is 9.75. The number of amides is 1. The Morgan fingerprint density at radius 1 is 1.18 bits per heavy atom. The normalized spacial score (nSPS) is 11.1. The molecule has 28 heavy (non-hydrogen) atoms. The summed E-state index contributed by atoms with van der Waals surface area (Å²) in [5.41, 5.74) is 0.585. The van der Waals surface area contributed by atoms with Crippen LogP contribution in [0.3, 0.4) is 0 Å². The topological polar surface area (TPSA) is 116 Å². The molecule has 9 heteroatoms. The highest BCUT2D eigenvalue weighted by Crippen LogP contribution is 2.37. The molecule has 0 saturated carbocycles. The number of carbonyl (C=O) groups excluding carboxylic acids is 1. The number of ether oxygens (including phenoxy) is 2. The molecule has 1 aromatic carbocycles. The van der Waals surface area contributed by atoms with E-state index in [1.165, 1.54) is 10.9 Å². The Labute approximate surface area is 163 Å². The molecule has 9 nitrogen and oxygen atoms in total. The van der Waals surface area contributed by atoms with E-state index >= 15 is 0 Å². The maximum atomic E-state index is 13.1. The Balaban J connectivity index is 2.21. The molecule has 0 unspecified atom stereocenters. The van der Waals surface area contributed by atoms with E-state index in [4.69, 9.17) is 14.6 Å². The summed E-state index contributed by atoms with van der Waals surface area (Å²) in [7, 11) is 3.12. The minimum Gasteiger partial charge on any atom is -0.493 e. The van der Waals surface area contributed by atoms with Crippen molar-refractivity contribution in [1.82, 2.24) is 20.3 Å². The first-order chi connectivity index (χ1) is 13.4. The molecule has 0 fully saturated rings. The monoisotopic (exact) mass is 390 g/mol. The number of benzene rings is 1. The highest BCUT2D eigenvalue weighted by molar-refractivity contribution is 5.88. The van der Waals surface area contributed by atoms with Crippen LogP contribution in [0.4, 0.5) is 0 Å². The molecule has 0 saturated heterocycles. The summed E-state index contributed by atoms with van der Waals surface area (Å²) in [6.45, 7) is 3.81. The summed E-state index contributed by atoms with van der Waals surface area (Å²) < 4.78 is 11.9. The molecule has 0 bridgehead atoms. The van der Waals surface area contributed by atoms with E-state index in [0.717, 1.165) is 5.56 Å². The van der Waals surface area contributed by atoms with Crippen LogP contribution < -0.4 is 14.8 Å². The summed E-state index contributed by atoms with van der Waals surface area (Å²) in [4.78, 5) is 23.8. The molecule has 1 aromatic heterocycles. The zero-order valence-electron chi connectivity index (χ0n) is 16.6. The van der Waals surface area contributed by atoms with Crippen LogP contribution in [0.5, 0.6) is 11.5 Å². The molecule has 0 radical (unpaired) electrons. The fraction of sp³-hybridized carbons (Fsp3) is 0.474. The number of nitrogens with zero attached hydrogens (tertiary/aromatic N) is 3. The first-order valence-electron chi connectivity index (χ1n) is 9.01. The number of carbonyl (C=O) groups is 2. The van der Waals surface area contributed by atoms with Gasteiger partial charge < -0.3 is 19.9 Å². The van der Waals surface area contributed by atoms with Gasteiger partial charge in [-0.05, 0) is 30.5 Å². The van der Waals surface area contributed by atoms with Crippen LogP contribution in [0.1, 0.15) is 37.9 Å². The van der Waals surface area contributed by atoms with Crippen molar-refractivity contribution < 1.29 is 24.2 Å².